The lowest BCUT2D eigenvalue weighted by molar-refractivity contribution is 0.140. The summed E-state index contributed by atoms with van der Waals surface area (Å²) in [6.45, 7) is 3.24. The quantitative estimate of drug-likeness (QED) is 0.804. The minimum atomic E-state index is -0.167. The molecule has 0 bridgehead atoms. The third-order valence-electron chi connectivity index (χ3n) is 3.96. The standard InChI is InChI=1S/C16H25NO3/c1-3-9-17-16(12-18)8-7-15(11-16)20-14-6-4-5-13(10-14)19-2/h4-6,10,15,17-18H,3,7-9,11-12H2,1-2H3. The fourth-order valence-electron chi connectivity index (χ4n) is 2.79. The molecule has 0 radical (unpaired) electrons. The van der Waals surface area contributed by atoms with Crippen LogP contribution >= 0.6 is 0 Å². The third-order valence-corrected chi connectivity index (χ3v) is 3.96. The molecule has 2 N–H and O–H groups in total. The molecular weight excluding hydrogens is 254 g/mol. The van der Waals surface area contributed by atoms with Gasteiger partial charge in [0.2, 0.25) is 0 Å². The van der Waals surface area contributed by atoms with E-state index in [9.17, 15) is 5.11 Å². The molecule has 112 valence electrons. The first kappa shape index (κ1) is 15.1. The molecule has 1 aliphatic carbocycles. The SMILES string of the molecule is CCCNC1(CO)CCC(Oc2cccc(OC)c2)C1. The lowest BCUT2D eigenvalue weighted by atomic mass is 9.98. The van der Waals surface area contributed by atoms with Gasteiger partial charge >= 0.3 is 0 Å². The predicted octanol–water partition coefficient (Wildman–Crippen LogP) is 2.36. The van der Waals surface area contributed by atoms with Gasteiger partial charge in [-0.3, -0.25) is 0 Å². The maximum Gasteiger partial charge on any atom is 0.123 e. The van der Waals surface area contributed by atoms with Crippen molar-refractivity contribution in [1.29, 1.82) is 0 Å². The van der Waals surface area contributed by atoms with Gasteiger partial charge in [0.05, 0.1) is 13.7 Å². The van der Waals surface area contributed by atoms with Gasteiger partial charge in [0.15, 0.2) is 0 Å². The van der Waals surface area contributed by atoms with E-state index in [1.54, 1.807) is 7.11 Å². The van der Waals surface area contributed by atoms with Gasteiger partial charge < -0.3 is 19.9 Å². The molecule has 0 aliphatic heterocycles. The molecule has 2 rings (SSSR count). The molecule has 1 aliphatic rings. The molecule has 1 saturated carbocycles. The fourth-order valence-corrected chi connectivity index (χ4v) is 2.79. The molecular formula is C16H25NO3. The maximum absolute atomic E-state index is 9.67. The first-order chi connectivity index (χ1) is 9.71. The van der Waals surface area contributed by atoms with E-state index in [-0.39, 0.29) is 18.2 Å². The van der Waals surface area contributed by atoms with Crippen LogP contribution in [0.5, 0.6) is 11.5 Å². The third kappa shape index (κ3) is 3.64. The van der Waals surface area contributed by atoms with Crippen molar-refractivity contribution >= 4 is 0 Å². The highest BCUT2D eigenvalue weighted by Crippen LogP contribution is 2.33. The Kier molecular flexibility index (Phi) is 5.26. The molecule has 4 nitrogen and oxygen atoms in total. The molecule has 1 aromatic carbocycles. The highest BCUT2D eigenvalue weighted by atomic mass is 16.5. The smallest absolute Gasteiger partial charge is 0.123 e. The Bertz CT molecular complexity index is 424. The monoisotopic (exact) mass is 279 g/mol. The van der Waals surface area contributed by atoms with Crippen LogP contribution in [0.4, 0.5) is 0 Å². The molecule has 1 fully saturated rings. The normalized spacial score (nSPS) is 25.6. The highest BCUT2D eigenvalue weighted by molar-refractivity contribution is 5.33. The molecule has 2 atom stereocenters. The van der Waals surface area contributed by atoms with Crippen molar-refractivity contribution in [3.8, 4) is 11.5 Å². The molecule has 0 heterocycles. The summed E-state index contributed by atoms with van der Waals surface area (Å²) in [5.74, 6) is 1.64. The van der Waals surface area contributed by atoms with Gasteiger partial charge in [0.1, 0.15) is 17.6 Å². The summed E-state index contributed by atoms with van der Waals surface area (Å²) >= 11 is 0. The van der Waals surface area contributed by atoms with Gasteiger partial charge in [0, 0.05) is 18.0 Å². The topological polar surface area (TPSA) is 50.7 Å². The molecule has 4 heteroatoms. The molecule has 2 unspecified atom stereocenters. The first-order valence-electron chi connectivity index (χ1n) is 7.38. The van der Waals surface area contributed by atoms with E-state index in [0.29, 0.717) is 0 Å². The summed E-state index contributed by atoms with van der Waals surface area (Å²) < 4.78 is 11.2. The largest absolute Gasteiger partial charge is 0.497 e. The van der Waals surface area contributed by atoms with E-state index in [4.69, 9.17) is 9.47 Å². The van der Waals surface area contributed by atoms with Gasteiger partial charge in [-0.15, -0.1) is 0 Å². The highest BCUT2D eigenvalue weighted by Gasteiger charge is 2.39. The van der Waals surface area contributed by atoms with Crippen LogP contribution in [0.1, 0.15) is 32.6 Å². The van der Waals surface area contributed by atoms with Crippen molar-refractivity contribution in [3.63, 3.8) is 0 Å². The van der Waals surface area contributed by atoms with E-state index in [1.165, 1.54) is 0 Å². The summed E-state index contributed by atoms with van der Waals surface area (Å²) in [5.41, 5.74) is -0.167. The number of aliphatic hydroxyl groups is 1. The number of nitrogens with one attached hydrogen (secondary N) is 1. The van der Waals surface area contributed by atoms with Crippen LogP contribution in [0.25, 0.3) is 0 Å². The maximum atomic E-state index is 9.67. The molecule has 1 aromatic rings. The number of hydrogen-bond donors (Lipinski definition) is 2. The van der Waals surface area contributed by atoms with Crippen molar-refractivity contribution in [1.82, 2.24) is 5.32 Å². The van der Waals surface area contributed by atoms with Crippen LogP contribution in [0.3, 0.4) is 0 Å². The number of aliphatic hydroxyl groups excluding tert-OH is 1. The van der Waals surface area contributed by atoms with Crippen molar-refractivity contribution in [2.75, 3.05) is 20.3 Å². The van der Waals surface area contributed by atoms with Crippen LogP contribution in [-0.4, -0.2) is 37.0 Å². The molecule has 0 amide bonds. The fraction of sp³-hybridized carbons (Fsp3) is 0.625. The van der Waals surface area contributed by atoms with E-state index in [0.717, 1.165) is 43.7 Å². The molecule has 0 spiro atoms. The van der Waals surface area contributed by atoms with Crippen molar-refractivity contribution in [2.45, 2.75) is 44.2 Å². The number of rotatable bonds is 7. The van der Waals surface area contributed by atoms with Crippen molar-refractivity contribution < 1.29 is 14.6 Å². The second-order valence-electron chi connectivity index (χ2n) is 5.53. The van der Waals surface area contributed by atoms with E-state index >= 15 is 0 Å². The lowest BCUT2D eigenvalue weighted by Gasteiger charge is -2.28. The zero-order valence-electron chi connectivity index (χ0n) is 12.4. The predicted molar refractivity (Wildman–Crippen MR) is 79.4 cm³/mol. The molecule has 0 aromatic heterocycles. The summed E-state index contributed by atoms with van der Waals surface area (Å²) in [4.78, 5) is 0. The molecule has 20 heavy (non-hydrogen) atoms. The zero-order valence-corrected chi connectivity index (χ0v) is 12.4. The summed E-state index contributed by atoms with van der Waals surface area (Å²) in [7, 11) is 1.65. The average molecular weight is 279 g/mol. The minimum absolute atomic E-state index is 0.151. The van der Waals surface area contributed by atoms with Gasteiger partial charge in [-0.25, -0.2) is 0 Å². The Morgan fingerprint density at radius 3 is 2.90 bits per heavy atom. The van der Waals surface area contributed by atoms with Crippen molar-refractivity contribution in [2.24, 2.45) is 0 Å². The number of ether oxygens (including phenoxy) is 2. The Balaban J connectivity index is 1.94. The minimum Gasteiger partial charge on any atom is -0.497 e. The van der Waals surface area contributed by atoms with Crippen LogP contribution in [0, 0.1) is 0 Å². The molecule has 0 saturated heterocycles. The number of benzene rings is 1. The Hall–Kier alpha value is -1.26. The van der Waals surface area contributed by atoms with Gasteiger partial charge in [-0.1, -0.05) is 13.0 Å². The summed E-state index contributed by atoms with van der Waals surface area (Å²) in [6.07, 6.45) is 4.00. The van der Waals surface area contributed by atoms with Crippen molar-refractivity contribution in [3.05, 3.63) is 24.3 Å². The van der Waals surface area contributed by atoms with Gasteiger partial charge in [0.25, 0.3) is 0 Å². The van der Waals surface area contributed by atoms with Gasteiger partial charge in [-0.2, -0.15) is 0 Å². The van der Waals surface area contributed by atoms with Crippen LogP contribution < -0.4 is 14.8 Å². The summed E-state index contributed by atoms with van der Waals surface area (Å²) in [6, 6.07) is 7.68. The first-order valence-corrected chi connectivity index (χ1v) is 7.38. The average Bonchev–Trinajstić information content (AvgIpc) is 2.89. The zero-order chi connectivity index (χ0) is 14.4. The van der Waals surface area contributed by atoms with E-state index in [1.807, 2.05) is 24.3 Å². The summed E-state index contributed by atoms with van der Waals surface area (Å²) in [5, 5.41) is 13.1. The lowest BCUT2D eigenvalue weighted by Crippen LogP contribution is -2.47. The Labute approximate surface area is 121 Å². The Morgan fingerprint density at radius 2 is 2.20 bits per heavy atom. The van der Waals surface area contributed by atoms with Gasteiger partial charge in [-0.05, 0) is 37.9 Å². The van der Waals surface area contributed by atoms with E-state index in [2.05, 4.69) is 12.2 Å². The number of hydrogen-bond acceptors (Lipinski definition) is 4. The van der Waals surface area contributed by atoms with E-state index < -0.39 is 0 Å². The number of methoxy groups -OCH3 is 1. The Morgan fingerprint density at radius 1 is 1.40 bits per heavy atom. The van der Waals surface area contributed by atoms with Crippen LogP contribution in [0.2, 0.25) is 0 Å². The second-order valence-corrected chi connectivity index (χ2v) is 5.53. The van der Waals surface area contributed by atoms with Crippen LogP contribution in [0.15, 0.2) is 24.3 Å². The second kappa shape index (κ2) is 6.95. The van der Waals surface area contributed by atoms with Crippen LogP contribution in [-0.2, 0) is 0 Å².